The molecule has 21 heavy (non-hydrogen) atoms. The summed E-state index contributed by atoms with van der Waals surface area (Å²) in [6.45, 7) is 0.662. The fourth-order valence-corrected chi connectivity index (χ4v) is 2.66. The summed E-state index contributed by atoms with van der Waals surface area (Å²) >= 11 is 5.92. The van der Waals surface area contributed by atoms with Crippen LogP contribution in [0.1, 0.15) is 5.56 Å². The molecular formula is C16H15ClN2O2. The van der Waals surface area contributed by atoms with Crippen LogP contribution in [0.25, 0.3) is 0 Å². The number of ether oxygens (including phenoxy) is 1. The average Bonchev–Trinajstić information content (AvgIpc) is 2.90. The molecule has 2 aromatic carbocycles. The van der Waals surface area contributed by atoms with Crippen molar-refractivity contribution in [2.75, 3.05) is 23.9 Å². The van der Waals surface area contributed by atoms with Crippen molar-refractivity contribution < 1.29 is 9.53 Å². The number of amides is 2. The van der Waals surface area contributed by atoms with Crippen molar-refractivity contribution in [2.24, 2.45) is 0 Å². The van der Waals surface area contributed by atoms with Gasteiger partial charge in [0.25, 0.3) is 0 Å². The minimum Gasteiger partial charge on any atom is -0.497 e. The third-order valence-electron chi connectivity index (χ3n) is 3.50. The number of carbonyl (C=O) groups excluding carboxylic acids is 1. The van der Waals surface area contributed by atoms with Crippen LogP contribution in [0.5, 0.6) is 5.75 Å². The van der Waals surface area contributed by atoms with E-state index in [1.165, 1.54) is 0 Å². The first kappa shape index (κ1) is 13.8. The highest BCUT2D eigenvalue weighted by molar-refractivity contribution is 6.30. The molecule has 0 aromatic heterocycles. The second kappa shape index (κ2) is 5.66. The van der Waals surface area contributed by atoms with E-state index >= 15 is 0 Å². The second-order valence-electron chi connectivity index (χ2n) is 4.84. The van der Waals surface area contributed by atoms with Gasteiger partial charge >= 0.3 is 6.03 Å². The lowest BCUT2D eigenvalue weighted by Gasteiger charge is -2.18. The highest BCUT2D eigenvalue weighted by atomic mass is 35.5. The molecule has 0 atom stereocenters. The maximum atomic E-state index is 12.4. The van der Waals surface area contributed by atoms with Gasteiger partial charge in [0.15, 0.2) is 0 Å². The van der Waals surface area contributed by atoms with Gasteiger partial charge in [-0.1, -0.05) is 17.7 Å². The Morgan fingerprint density at radius 3 is 2.90 bits per heavy atom. The van der Waals surface area contributed by atoms with Gasteiger partial charge in [-0.25, -0.2) is 4.79 Å². The molecule has 3 rings (SSSR count). The lowest BCUT2D eigenvalue weighted by molar-refractivity contribution is 0.257. The number of anilines is 2. The monoisotopic (exact) mass is 302 g/mol. The molecule has 1 aliphatic rings. The van der Waals surface area contributed by atoms with Crippen LogP contribution in [0.3, 0.4) is 0 Å². The number of nitrogens with one attached hydrogen (secondary N) is 1. The van der Waals surface area contributed by atoms with E-state index in [1.54, 1.807) is 30.2 Å². The number of hydrogen-bond acceptors (Lipinski definition) is 2. The van der Waals surface area contributed by atoms with Crippen molar-refractivity contribution in [3.05, 3.63) is 53.1 Å². The van der Waals surface area contributed by atoms with Crippen molar-refractivity contribution >= 4 is 29.0 Å². The molecule has 1 N–H and O–H groups in total. The van der Waals surface area contributed by atoms with E-state index < -0.39 is 0 Å². The lowest BCUT2D eigenvalue weighted by Crippen LogP contribution is -2.33. The zero-order valence-corrected chi connectivity index (χ0v) is 12.4. The summed E-state index contributed by atoms with van der Waals surface area (Å²) in [7, 11) is 1.64. The van der Waals surface area contributed by atoms with Gasteiger partial charge in [-0.2, -0.15) is 0 Å². The molecule has 0 saturated carbocycles. The van der Waals surface area contributed by atoms with E-state index in [1.807, 2.05) is 24.3 Å². The molecule has 0 fully saturated rings. The van der Waals surface area contributed by atoms with Gasteiger partial charge in [-0.05, 0) is 48.4 Å². The average molecular weight is 303 g/mol. The number of fused-ring (bicyclic) bond motifs is 1. The van der Waals surface area contributed by atoms with Gasteiger partial charge in [0.1, 0.15) is 5.75 Å². The van der Waals surface area contributed by atoms with Crippen LogP contribution in [0, 0.1) is 0 Å². The van der Waals surface area contributed by atoms with Crippen molar-refractivity contribution in [3.8, 4) is 5.75 Å². The third-order valence-corrected chi connectivity index (χ3v) is 3.74. The predicted molar refractivity (Wildman–Crippen MR) is 84.5 cm³/mol. The molecule has 0 bridgehead atoms. The first-order valence-corrected chi connectivity index (χ1v) is 7.06. The standard InChI is InChI=1S/C16H15ClN2O2/c1-21-14-5-6-15-11(9-14)7-8-19(15)16(20)18-13-4-2-3-12(17)10-13/h2-6,9-10H,7-8H2,1H3,(H,18,20). The number of nitrogens with zero attached hydrogens (tertiary/aromatic N) is 1. The molecule has 0 unspecified atom stereocenters. The Balaban J connectivity index is 1.79. The summed E-state index contributed by atoms with van der Waals surface area (Å²) in [6.07, 6.45) is 0.829. The van der Waals surface area contributed by atoms with E-state index in [4.69, 9.17) is 16.3 Å². The molecule has 0 saturated heterocycles. The molecule has 1 aliphatic heterocycles. The zero-order chi connectivity index (χ0) is 14.8. The Morgan fingerprint density at radius 2 is 2.14 bits per heavy atom. The molecule has 2 amide bonds. The molecule has 0 aliphatic carbocycles. The SMILES string of the molecule is COc1ccc2c(c1)CCN2C(=O)Nc1cccc(Cl)c1. The lowest BCUT2D eigenvalue weighted by atomic mass is 10.1. The third kappa shape index (κ3) is 2.81. The number of carbonyl (C=O) groups is 1. The Morgan fingerprint density at radius 1 is 1.29 bits per heavy atom. The fraction of sp³-hybridized carbons (Fsp3) is 0.188. The molecule has 0 radical (unpaired) electrons. The molecule has 4 nitrogen and oxygen atoms in total. The van der Waals surface area contributed by atoms with Crippen molar-refractivity contribution in [1.29, 1.82) is 0 Å². The summed E-state index contributed by atoms with van der Waals surface area (Å²) in [5, 5.41) is 3.46. The van der Waals surface area contributed by atoms with Gasteiger partial charge in [0.2, 0.25) is 0 Å². The van der Waals surface area contributed by atoms with Crippen LogP contribution >= 0.6 is 11.6 Å². The van der Waals surface area contributed by atoms with Gasteiger partial charge in [-0.15, -0.1) is 0 Å². The number of urea groups is 1. The Hall–Kier alpha value is -2.20. The van der Waals surface area contributed by atoms with Crippen LogP contribution in [-0.4, -0.2) is 19.7 Å². The predicted octanol–water partition coefficient (Wildman–Crippen LogP) is 3.94. The number of rotatable bonds is 2. The van der Waals surface area contributed by atoms with Crippen molar-refractivity contribution in [1.82, 2.24) is 0 Å². The quantitative estimate of drug-likeness (QED) is 0.913. The van der Waals surface area contributed by atoms with Crippen molar-refractivity contribution in [2.45, 2.75) is 6.42 Å². The highest BCUT2D eigenvalue weighted by Gasteiger charge is 2.25. The van der Waals surface area contributed by atoms with E-state index in [0.29, 0.717) is 17.3 Å². The van der Waals surface area contributed by atoms with E-state index in [-0.39, 0.29) is 6.03 Å². The first-order chi connectivity index (χ1) is 10.2. The number of methoxy groups -OCH3 is 1. The maximum Gasteiger partial charge on any atom is 0.326 e. The van der Waals surface area contributed by atoms with Gasteiger partial charge in [0, 0.05) is 22.9 Å². The van der Waals surface area contributed by atoms with Crippen LogP contribution < -0.4 is 15.0 Å². The number of halogens is 1. The zero-order valence-electron chi connectivity index (χ0n) is 11.6. The first-order valence-electron chi connectivity index (χ1n) is 6.68. The Kier molecular flexibility index (Phi) is 3.71. The van der Waals surface area contributed by atoms with Gasteiger partial charge in [0.05, 0.1) is 7.11 Å². The van der Waals surface area contributed by atoms with Crippen LogP contribution in [0.15, 0.2) is 42.5 Å². The van der Waals surface area contributed by atoms with Crippen molar-refractivity contribution in [3.63, 3.8) is 0 Å². The van der Waals surface area contributed by atoms with Crippen LogP contribution in [0.4, 0.5) is 16.2 Å². The largest absolute Gasteiger partial charge is 0.497 e. The van der Waals surface area contributed by atoms with Gasteiger partial charge in [-0.3, -0.25) is 4.90 Å². The van der Waals surface area contributed by atoms with Crippen LogP contribution in [-0.2, 0) is 6.42 Å². The van der Waals surface area contributed by atoms with E-state index in [9.17, 15) is 4.79 Å². The summed E-state index contributed by atoms with van der Waals surface area (Å²) in [6, 6.07) is 12.7. The molecule has 2 aromatic rings. The normalized spacial score (nSPS) is 13.0. The van der Waals surface area contributed by atoms with E-state index in [2.05, 4.69) is 5.32 Å². The van der Waals surface area contributed by atoms with Crippen LogP contribution in [0.2, 0.25) is 5.02 Å². The Labute approximate surface area is 128 Å². The molecule has 1 heterocycles. The minimum absolute atomic E-state index is 0.152. The molecular weight excluding hydrogens is 288 g/mol. The second-order valence-corrected chi connectivity index (χ2v) is 5.27. The summed E-state index contributed by atoms with van der Waals surface area (Å²) < 4.78 is 5.21. The topological polar surface area (TPSA) is 41.6 Å². The maximum absolute atomic E-state index is 12.4. The Bertz CT molecular complexity index is 688. The smallest absolute Gasteiger partial charge is 0.326 e. The fourth-order valence-electron chi connectivity index (χ4n) is 2.47. The molecule has 0 spiro atoms. The highest BCUT2D eigenvalue weighted by Crippen LogP contribution is 2.31. The summed E-state index contributed by atoms with van der Waals surface area (Å²) in [4.78, 5) is 14.1. The summed E-state index contributed by atoms with van der Waals surface area (Å²) in [5.41, 5.74) is 2.74. The van der Waals surface area contributed by atoms with E-state index in [0.717, 1.165) is 23.4 Å². The number of hydrogen-bond donors (Lipinski definition) is 1. The molecule has 108 valence electrons. The molecule has 5 heteroatoms. The van der Waals surface area contributed by atoms with Gasteiger partial charge < -0.3 is 10.1 Å². The number of benzene rings is 2. The summed E-state index contributed by atoms with van der Waals surface area (Å²) in [5.74, 6) is 0.811. The minimum atomic E-state index is -0.152.